The van der Waals surface area contributed by atoms with E-state index in [0.717, 1.165) is 37.6 Å². The molecule has 192 valence electrons. The Kier molecular flexibility index (Phi) is 10.2. The number of carbonyl (C=O) groups is 1. The van der Waals surface area contributed by atoms with Crippen LogP contribution in [0.25, 0.3) is 0 Å². The van der Waals surface area contributed by atoms with Crippen molar-refractivity contribution in [3.05, 3.63) is 36.4 Å². The van der Waals surface area contributed by atoms with E-state index >= 15 is 0 Å². The fourth-order valence-corrected chi connectivity index (χ4v) is 7.33. The summed E-state index contributed by atoms with van der Waals surface area (Å²) in [5, 5.41) is 2.08. The number of benzene rings is 2. The van der Waals surface area contributed by atoms with Gasteiger partial charge in [0.25, 0.3) is 0 Å². The Balaban J connectivity index is 2.04. The van der Waals surface area contributed by atoms with E-state index in [4.69, 9.17) is 9.47 Å². The maximum absolute atomic E-state index is 13.6. The number of hydrogen-bond donors (Lipinski definition) is 0. The van der Waals surface area contributed by atoms with Crippen molar-refractivity contribution in [3.8, 4) is 11.5 Å². The number of alkyl halides is 3. The predicted octanol–water partition coefficient (Wildman–Crippen LogP) is 7.93. The minimum Gasteiger partial charge on any atom is -0.453 e. The van der Waals surface area contributed by atoms with Gasteiger partial charge in [-0.05, 0) is 52.0 Å². The molecule has 1 aliphatic heterocycles. The van der Waals surface area contributed by atoms with E-state index < -0.39 is 6.09 Å². The van der Waals surface area contributed by atoms with Crippen molar-refractivity contribution in [2.75, 3.05) is 63.5 Å². The van der Waals surface area contributed by atoms with Crippen LogP contribution in [0.15, 0.2) is 36.4 Å². The Morgan fingerprint density at radius 3 is 1.63 bits per heavy atom. The first-order valence-electron chi connectivity index (χ1n) is 12.0. The largest absolute Gasteiger partial charge is 0.453 e. The average Bonchev–Trinajstić information content (AvgIpc) is 2.89. The summed E-state index contributed by atoms with van der Waals surface area (Å²) in [7, 11) is 0. The second-order valence-corrected chi connectivity index (χ2v) is 10.2. The van der Waals surface area contributed by atoms with E-state index in [-0.39, 0.29) is 12.0 Å². The van der Waals surface area contributed by atoms with E-state index in [9.17, 15) is 4.79 Å². The maximum Gasteiger partial charge on any atom is 0.419 e. The molecule has 0 N–H and O–H groups in total. The van der Waals surface area contributed by atoms with Crippen molar-refractivity contribution in [2.45, 2.75) is 27.7 Å². The number of rotatable bonds is 11. The Hall–Kier alpha value is -1.45. The lowest BCUT2D eigenvalue weighted by atomic mass is 9.98. The van der Waals surface area contributed by atoms with E-state index in [0.29, 0.717) is 38.9 Å². The van der Waals surface area contributed by atoms with Crippen LogP contribution in [0.2, 0.25) is 0 Å². The number of nitrogens with zero attached hydrogens (tertiary/aromatic N) is 3. The van der Waals surface area contributed by atoms with Gasteiger partial charge in [-0.2, -0.15) is 0 Å². The highest BCUT2D eigenvalue weighted by molar-refractivity contribution is 9.10. The van der Waals surface area contributed by atoms with E-state index in [1.54, 1.807) is 4.90 Å². The summed E-state index contributed by atoms with van der Waals surface area (Å²) in [4.78, 5) is 19.7. The molecule has 0 aliphatic carbocycles. The molecule has 0 aromatic heterocycles. The molecule has 1 aliphatic rings. The highest BCUT2D eigenvalue weighted by Gasteiger charge is 2.34. The van der Waals surface area contributed by atoms with Crippen molar-refractivity contribution in [2.24, 2.45) is 5.41 Å². The molecule has 9 heteroatoms. The number of ether oxygens (including phenoxy) is 2. The van der Waals surface area contributed by atoms with Gasteiger partial charge in [0, 0.05) is 71.1 Å². The van der Waals surface area contributed by atoms with Crippen LogP contribution < -0.4 is 19.4 Å². The monoisotopic (exact) mass is 673 g/mol. The third-order valence-corrected chi connectivity index (χ3v) is 9.95. The van der Waals surface area contributed by atoms with Crippen LogP contribution in [0.1, 0.15) is 27.7 Å². The molecule has 0 fully saturated rings. The molecule has 0 spiro atoms. The molecule has 3 rings (SSSR count). The van der Waals surface area contributed by atoms with Crippen molar-refractivity contribution >= 4 is 76.6 Å². The number of hydrogen-bond acceptors (Lipinski definition) is 5. The molecule has 1 amide bonds. The minimum absolute atomic E-state index is 0.243. The van der Waals surface area contributed by atoms with E-state index in [1.807, 2.05) is 36.4 Å². The smallest absolute Gasteiger partial charge is 0.419 e. The summed E-state index contributed by atoms with van der Waals surface area (Å²) < 4.78 is 12.3. The zero-order chi connectivity index (χ0) is 25.6. The van der Waals surface area contributed by atoms with Gasteiger partial charge < -0.3 is 19.3 Å². The molecule has 0 unspecified atom stereocenters. The normalized spacial score (nSPS) is 12.5. The van der Waals surface area contributed by atoms with Crippen LogP contribution in [0.3, 0.4) is 0 Å². The van der Waals surface area contributed by atoms with E-state index in [2.05, 4.69) is 85.3 Å². The Morgan fingerprint density at radius 1 is 0.829 bits per heavy atom. The van der Waals surface area contributed by atoms with Crippen LogP contribution in [0, 0.1) is 5.41 Å². The van der Waals surface area contributed by atoms with Crippen LogP contribution in [-0.2, 0) is 4.74 Å². The van der Waals surface area contributed by atoms with Crippen LogP contribution in [0.5, 0.6) is 11.5 Å². The second-order valence-electron chi connectivity index (χ2n) is 8.54. The summed E-state index contributed by atoms with van der Waals surface area (Å²) in [5.41, 5.74) is 3.23. The van der Waals surface area contributed by atoms with Crippen LogP contribution in [-0.4, -0.2) is 54.9 Å². The molecule has 0 saturated heterocycles. The van der Waals surface area contributed by atoms with Crippen molar-refractivity contribution in [3.63, 3.8) is 0 Å². The van der Waals surface area contributed by atoms with Gasteiger partial charge in [-0.25, -0.2) is 9.69 Å². The fourth-order valence-electron chi connectivity index (χ4n) is 4.06. The number of halogens is 3. The summed E-state index contributed by atoms with van der Waals surface area (Å²) in [5.74, 6) is 1.28. The molecule has 0 saturated carbocycles. The quantitative estimate of drug-likeness (QED) is 0.227. The van der Waals surface area contributed by atoms with Gasteiger partial charge in [-0.15, -0.1) is 0 Å². The SMILES string of the molecule is CCN(CC)c1ccc2c(c1)Oc1cc(N(CC)CC)ccc1N2C(=O)OCC(CBr)(CBr)CBr. The molecule has 0 bridgehead atoms. The Morgan fingerprint density at radius 2 is 1.26 bits per heavy atom. The molecule has 35 heavy (non-hydrogen) atoms. The van der Waals surface area contributed by atoms with Crippen molar-refractivity contribution < 1.29 is 14.3 Å². The third-order valence-electron chi connectivity index (χ3n) is 6.38. The average molecular weight is 676 g/mol. The van der Waals surface area contributed by atoms with Gasteiger partial charge in [0.2, 0.25) is 0 Å². The topological polar surface area (TPSA) is 45.2 Å². The molecule has 1 heterocycles. The summed E-state index contributed by atoms with van der Waals surface area (Å²) in [6.45, 7) is 12.3. The first kappa shape index (κ1) is 28.1. The van der Waals surface area contributed by atoms with Crippen molar-refractivity contribution in [1.82, 2.24) is 0 Å². The lowest BCUT2D eigenvalue weighted by Crippen LogP contribution is -2.37. The third kappa shape index (κ3) is 5.93. The van der Waals surface area contributed by atoms with Crippen LogP contribution in [0.4, 0.5) is 27.5 Å². The van der Waals surface area contributed by atoms with Gasteiger partial charge in [0.05, 0.1) is 11.4 Å². The zero-order valence-corrected chi connectivity index (χ0v) is 25.6. The highest BCUT2D eigenvalue weighted by atomic mass is 79.9. The summed E-state index contributed by atoms with van der Waals surface area (Å²) in [6, 6.07) is 12.0. The molecule has 2 aromatic carbocycles. The predicted molar refractivity (Wildman–Crippen MR) is 157 cm³/mol. The van der Waals surface area contributed by atoms with E-state index in [1.165, 1.54) is 0 Å². The number of carbonyl (C=O) groups excluding carboxylic acids is 1. The molecular formula is C26H34Br3N3O3. The van der Waals surface area contributed by atoms with Gasteiger partial charge in [0.15, 0.2) is 11.5 Å². The van der Waals surface area contributed by atoms with Gasteiger partial charge in [0.1, 0.15) is 6.61 Å². The standard InChI is InChI=1S/C26H34Br3N3O3/c1-5-30(6-2)19-9-11-21-23(13-19)35-24-14-20(31(7-3)8-4)10-12-22(24)32(21)25(33)34-18-26(15-27,16-28)17-29/h9-14H,5-8,15-18H2,1-4H3. The number of anilines is 4. The Bertz CT molecular complexity index is 939. The maximum atomic E-state index is 13.6. The first-order valence-corrected chi connectivity index (χ1v) is 15.4. The van der Waals surface area contributed by atoms with Gasteiger partial charge in [-0.3, -0.25) is 0 Å². The number of amides is 1. The van der Waals surface area contributed by atoms with Crippen LogP contribution >= 0.6 is 47.8 Å². The summed E-state index contributed by atoms with van der Waals surface area (Å²) in [6.07, 6.45) is -0.422. The molecule has 6 nitrogen and oxygen atoms in total. The molecular weight excluding hydrogens is 642 g/mol. The van der Waals surface area contributed by atoms with Gasteiger partial charge >= 0.3 is 6.09 Å². The lowest BCUT2D eigenvalue weighted by molar-refractivity contribution is 0.120. The minimum atomic E-state index is -0.422. The molecule has 2 aromatic rings. The Labute approximate surface area is 234 Å². The molecule has 0 atom stereocenters. The first-order chi connectivity index (χ1) is 16.9. The highest BCUT2D eigenvalue weighted by Crippen LogP contribution is 2.49. The fraction of sp³-hybridized carbons (Fsp3) is 0.500. The van der Waals surface area contributed by atoms with Gasteiger partial charge in [-0.1, -0.05) is 47.8 Å². The zero-order valence-electron chi connectivity index (χ0n) is 20.8. The number of fused-ring (bicyclic) bond motifs is 2. The van der Waals surface area contributed by atoms with Crippen molar-refractivity contribution in [1.29, 1.82) is 0 Å². The molecule has 0 radical (unpaired) electrons. The lowest BCUT2D eigenvalue weighted by Gasteiger charge is -2.34. The second kappa shape index (κ2) is 12.7. The summed E-state index contributed by atoms with van der Waals surface area (Å²) >= 11 is 10.7.